The van der Waals surface area contributed by atoms with Gasteiger partial charge in [0.2, 0.25) is 0 Å². The minimum atomic E-state index is -0.220. The standard InChI is InChI=1S/C25H40O3/c1-2-3-4-5-6-7-8-9-10-14-19-23-24(28-23)20-15-16-21-27-25(26)22-17-12-11-13-18-22/h11-13,17-18,23-24H,2-10,14-16,19-21H2,1H3. The minimum absolute atomic E-state index is 0.220. The van der Waals surface area contributed by atoms with Crippen LogP contribution in [0.1, 0.15) is 107 Å². The van der Waals surface area contributed by atoms with Crippen LogP contribution in [0.25, 0.3) is 0 Å². The average Bonchev–Trinajstić information content (AvgIpc) is 3.47. The van der Waals surface area contributed by atoms with Gasteiger partial charge in [0.05, 0.1) is 24.4 Å². The normalized spacial score (nSPS) is 18.2. The molecule has 1 aromatic carbocycles. The number of rotatable bonds is 17. The van der Waals surface area contributed by atoms with Gasteiger partial charge >= 0.3 is 5.97 Å². The lowest BCUT2D eigenvalue weighted by atomic mass is 10.0. The van der Waals surface area contributed by atoms with Crippen LogP contribution in [0.4, 0.5) is 0 Å². The van der Waals surface area contributed by atoms with Gasteiger partial charge in [0.1, 0.15) is 0 Å². The van der Waals surface area contributed by atoms with E-state index in [2.05, 4.69) is 6.92 Å². The second kappa shape index (κ2) is 14.6. The summed E-state index contributed by atoms with van der Waals surface area (Å²) in [5.74, 6) is -0.220. The highest BCUT2D eigenvalue weighted by Gasteiger charge is 2.36. The zero-order chi connectivity index (χ0) is 19.9. The van der Waals surface area contributed by atoms with Gasteiger partial charge in [0.25, 0.3) is 0 Å². The molecule has 2 unspecified atom stereocenters. The SMILES string of the molecule is CCCCCCCCCCCCC1OC1CCCCOC(=O)c1ccccc1. The molecule has 2 atom stereocenters. The van der Waals surface area contributed by atoms with Crippen LogP contribution in [0.15, 0.2) is 30.3 Å². The van der Waals surface area contributed by atoms with Gasteiger partial charge in [0.15, 0.2) is 0 Å². The largest absolute Gasteiger partial charge is 0.462 e. The van der Waals surface area contributed by atoms with Crippen LogP contribution in [0.3, 0.4) is 0 Å². The van der Waals surface area contributed by atoms with Gasteiger partial charge in [-0.05, 0) is 37.8 Å². The number of hydrogen-bond acceptors (Lipinski definition) is 3. The Hall–Kier alpha value is -1.35. The van der Waals surface area contributed by atoms with Crippen molar-refractivity contribution in [1.29, 1.82) is 0 Å². The summed E-state index contributed by atoms with van der Waals surface area (Å²) in [6.45, 7) is 2.78. The van der Waals surface area contributed by atoms with E-state index in [1.54, 1.807) is 12.1 Å². The topological polar surface area (TPSA) is 38.8 Å². The molecule has 1 fully saturated rings. The fourth-order valence-corrected chi connectivity index (χ4v) is 3.79. The van der Waals surface area contributed by atoms with Crippen molar-refractivity contribution < 1.29 is 14.3 Å². The number of epoxide rings is 1. The molecule has 0 N–H and O–H groups in total. The minimum Gasteiger partial charge on any atom is -0.462 e. The van der Waals surface area contributed by atoms with Gasteiger partial charge in [0, 0.05) is 0 Å². The average molecular weight is 389 g/mol. The number of esters is 1. The van der Waals surface area contributed by atoms with E-state index in [-0.39, 0.29) is 5.97 Å². The molecule has 158 valence electrons. The van der Waals surface area contributed by atoms with E-state index in [4.69, 9.17) is 9.47 Å². The third-order valence-electron chi connectivity index (χ3n) is 5.66. The third-order valence-corrected chi connectivity index (χ3v) is 5.66. The van der Waals surface area contributed by atoms with Crippen LogP contribution in [0.5, 0.6) is 0 Å². The van der Waals surface area contributed by atoms with Crippen LogP contribution in [0, 0.1) is 0 Å². The van der Waals surface area contributed by atoms with Crippen LogP contribution in [-0.4, -0.2) is 24.8 Å². The molecule has 1 aromatic rings. The second-order valence-electron chi connectivity index (χ2n) is 8.18. The van der Waals surface area contributed by atoms with Gasteiger partial charge in [-0.25, -0.2) is 4.79 Å². The molecule has 28 heavy (non-hydrogen) atoms. The van der Waals surface area contributed by atoms with E-state index in [0.717, 1.165) is 19.3 Å². The summed E-state index contributed by atoms with van der Waals surface area (Å²) in [5, 5.41) is 0. The first-order valence-electron chi connectivity index (χ1n) is 11.7. The zero-order valence-electron chi connectivity index (χ0n) is 17.9. The lowest BCUT2D eigenvalue weighted by Gasteiger charge is -2.04. The molecule has 0 bridgehead atoms. The summed E-state index contributed by atoms with van der Waals surface area (Å²) in [4.78, 5) is 11.8. The van der Waals surface area contributed by atoms with Crippen molar-refractivity contribution in [2.75, 3.05) is 6.61 Å². The molecular formula is C25H40O3. The molecule has 2 rings (SSSR count). The first-order chi connectivity index (χ1) is 13.8. The first kappa shape index (κ1) is 22.9. The summed E-state index contributed by atoms with van der Waals surface area (Å²) < 4.78 is 11.1. The maximum atomic E-state index is 11.8. The lowest BCUT2D eigenvalue weighted by Crippen LogP contribution is -2.06. The lowest BCUT2D eigenvalue weighted by molar-refractivity contribution is 0.0497. The van der Waals surface area contributed by atoms with Crippen molar-refractivity contribution in [1.82, 2.24) is 0 Å². The molecule has 1 aliphatic heterocycles. The van der Waals surface area contributed by atoms with E-state index in [9.17, 15) is 4.79 Å². The molecule has 0 amide bonds. The van der Waals surface area contributed by atoms with Gasteiger partial charge in [-0.1, -0.05) is 89.3 Å². The molecular weight excluding hydrogens is 348 g/mol. The monoisotopic (exact) mass is 388 g/mol. The van der Waals surface area contributed by atoms with Crippen molar-refractivity contribution in [3.8, 4) is 0 Å². The smallest absolute Gasteiger partial charge is 0.338 e. The quantitative estimate of drug-likeness (QED) is 0.162. The Bertz CT molecular complexity index is 514. The summed E-state index contributed by atoms with van der Waals surface area (Å²) in [6, 6.07) is 9.20. The third kappa shape index (κ3) is 10.3. The summed E-state index contributed by atoms with van der Waals surface area (Å²) >= 11 is 0. The number of unbranched alkanes of at least 4 members (excludes halogenated alkanes) is 10. The van der Waals surface area contributed by atoms with Crippen molar-refractivity contribution in [2.24, 2.45) is 0 Å². The molecule has 1 saturated heterocycles. The fraction of sp³-hybridized carbons (Fsp3) is 0.720. The fourth-order valence-electron chi connectivity index (χ4n) is 3.79. The molecule has 0 saturated carbocycles. The Morgan fingerprint density at radius 3 is 1.93 bits per heavy atom. The van der Waals surface area contributed by atoms with E-state index in [0.29, 0.717) is 24.4 Å². The predicted octanol–water partition coefficient (Wildman–Crippen LogP) is 7.09. The Kier molecular flexibility index (Phi) is 12.0. The van der Waals surface area contributed by atoms with E-state index in [1.807, 2.05) is 18.2 Å². The summed E-state index contributed by atoms with van der Waals surface area (Å²) in [5.41, 5.74) is 0.629. The van der Waals surface area contributed by atoms with E-state index >= 15 is 0 Å². The Morgan fingerprint density at radius 1 is 0.786 bits per heavy atom. The molecule has 0 spiro atoms. The number of hydrogen-bond donors (Lipinski definition) is 0. The molecule has 1 aliphatic rings. The van der Waals surface area contributed by atoms with E-state index < -0.39 is 0 Å². The molecule has 0 radical (unpaired) electrons. The molecule has 1 heterocycles. The number of carbonyl (C=O) groups is 1. The molecule has 3 nitrogen and oxygen atoms in total. The second-order valence-corrected chi connectivity index (χ2v) is 8.18. The van der Waals surface area contributed by atoms with Crippen LogP contribution in [0.2, 0.25) is 0 Å². The highest BCUT2D eigenvalue weighted by molar-refractivity contribution is 5.89. The maximum absolute atomic E-state index is 11.8. The Morgan fingerprint density at radius 2 is 1.32 bits per heavy atom. The van der Waals surface area contributed by atoms with Crippen LogP contribution in [-0.2, 0) is 9.47 Å². The van der Waals surface area contributed by atoms with Crippen molar-refractivity contribution in [2.45, 2.75) is 109 Å². The number of benzene rings is 1. The van der Waals surface area contributed by atoms with Crippen molar-refractivity contribution in [3.05, 3.63) is 35.9 Å². The van der Waals surface area contributed by atoms with E-state index in [1.165, 1.54) is 70.6 Å². The number of carbonyl (C=O) groups excluding carboxylic acids is 1. The first-order valence-corrected chi connectivity index (χ1v) is 11.7. The Balaban J connectivity index is 1.33. The van der Waals surface area contributed by atoms with Gasteiger partial charge in [-0.15, -0.1) is 0 Å². The number of ether oxygens (including phenoxy) is 2. The maximum Gasteiger partial charge on any atom is 0.338 e. The van der Waals surface area contributed by atoms with Crippen LogP contribution < -0.4 is 0 Å². The summed E-state index contributed by atoms with van der Waals surface area (Å²) in [6.07, 6.45) is 19.2. The van der Waals surface area contributed by atoms with Crippen LogP contribution >= 0.6 is 0 Å². The highest BCUT2D eigenvalue weighted by Crippen LogP contribution is 2.31. The predicted molar refractivity (Wildman–Crippen MR) is 116 cm³/mol. The van der Waals surface area contributed by atoms with Gasteiger partial charge in [-0.3, -0.25) is 0 Å². The molecule has 3 heteroatoms. The van der Waals surface area contributed by atoms with Gasteiger partial charge < -0.3 is 9.47 Å². The molecule has 0 aliphatic carbocycles. The van der Waals surface area contributed by atoms with Gasteiger partial charge in [-0.2, -0.15) is 0 Å². The molecule has 0 aromatic heterocycles. The van der Waals surface area contributed by atoms with Crippen molar-refractivity contribution in [3.63, 3.8) is 0 Å². The summed E-state index contributed by atoms with van der Waals surface area (Å²) in [7, 11) is 0. The highest BCUT2D eigenvalue weighted by atomic mass is 16.6. The Labute approximate surface area is 172 Å². The van der Waals surface area contributed by atoms with Crippen molar-refractivity contribution >= 4 is 5.97 Å². The zero-order valence-corrected chi connectivity index (χ0v) is 17.9.